The van der Waals surface area contributed by atoms with Crippen LogP contribution in [0.15, 0.2) is 47.7 Å². The molecule has 7 heteroatoms. The van der Waals surface area contributed by atoms with Crippen LogP contribution < -0.4 is 15.8 Å². The highest BCUT2D eigenvalue weighted by atomic mass is 16.2. The van der Waals surface area contributed by atoms with Crippen LogP contribution in [0.3, 0.4) is 0 Å². The van der Waals surface area contributed by atoms with Crippen LogP contribution in [-0.2, 0) is 11.3 Å². The summed E-state index contributed by atoms with van der Waals surface area (Å²) in [6.07, 6.45) is 6.93. The summed E-state index contributed by atoms with van der Waals surface area (Å²) in [4.78, 5) is 34.4. The lowest BCUT2D eigenvalue weighted by Crippen LogP contribution is -2.49. The number of amides is 1. The van der Waals surface area contributed by atoms with Crippen LogP contribution in [0.4, 0.5) is 5.95 Å². The van der Waals surface area contributed by atoms with E-state index in [1.807, 2.05) is 0 Å². The zero-order valence-corrected chi connectivity index (χ0v) is 12.8. The van der Waals surface area contributed by atoms with Crippen molar-refractivity contribution < 1.29 is 4.79 Å². The lowest BCUT2D eigenvalue weighted by Gasteiger charge is -2.33. The molecule has 7 nitrogen and oxygen atoms in total. The molecule has 2 aromatic rings. The molecule has 0 aliphatic carbocycles. The summed E-state index contributed by atoms with van der Waals surface area (Å²) in [5, 5.41) is 3.00. The van der Waals surface area contributed by atoms with Gasteiger partial charge in [-0.25, -0.2) is 9.97 Å². The van der Waals surface area contributed by atoms with Gasteiger partial charge in [-0.3, -0.25) is 9.59 Å². The Kier molecular flexibility index (Phi) is 4.65. The molecule has 3 rings (SSSR count). The molecule has 0 aromatic carbocycles. The summed E-state index contributed by atoms with van der Waals surface area (Å²) >= 11 is 0. The van der Waals surface area contributed by atoms with Crippen molar-refractivity contribution in [1.82, 2.24) is 19.9 Å². The highest BCUT2D eigenvalue weighted by Gasteiger charge is 2.22. The fraction of sp³-hybridized carbons (Fsp3) is 0.375. The maximum Gasteiger partial charge on any atom is 0.250 e. The van der Waals surface area contributed by atoms with E-state index in [0.717, 1.165) is 19.4 Å². The number of piperidine rings is 1. The van der Waals surface area contributed by atoms with Crippen molar-refractivity contribution in [2.75, 3.05) is 18.0 Å². The predicted molar refractivity (Wildman–Crippen MR) is 86.1 cm³/mol. The van der Waals surface area contributed by atoms with E-state index in [4.69, 9.17) is 0 Å². The Labute approximate surface area is 134 Å². The van der Waals surface area contributed by atoms with Crippen LogP contribution in [0, 0.1) is 0 Å². The molecule has 1 aliphatic rings. The van der Waals surface area contributed by atoms with E-state index in [1.54, 1.807) is 36.8 Å². The van der Waals surface area contributed by atoms with Crippen molar-refractivity contribution in [2.24, 2.45) is 0 Å². The zero-order chi connectivity index (χ0) is 16.1. The highest BCUT2D eigenvalue weighted by molar-refractivity contribution is 5.76. The summed E-state index contributed by atoms with van der Waals surface area (Å²) < 4.78 is 1.40. The van der Waals surface area contributed by atoms with Crippen LogP contribution in [0.2, 0.25) is 0 Å². The minimum absolute atomic E-state index is 0.0397. The number of nitrogens with one attached hydrogen (secondary N) is 1. The minimum atomic E-state index is -0.175. The van der Waals surface area contributed by atoms with E-state index in [-0.39, 0.29) is 24.1 Å². The second kappa shape index (κ2) is 7.04. The largest absolute Gasteiger partial charge is 0.350 e. The van der Waals surface area contributed by atoms with Gasteiger partial charge in [0, 0.05) is 43.8 Å². The van der Waals surface area contributed by atoms with E-state index in [1.165, 1.54) is 10.6 Å². The molecule has 0 radical (unpaired) electrons. The Morgan fingerprint density at radius 3 is 2.87 bits per heavy atom. The molecule has 23 heavy (non-hydrogen) atoms. The molecule has 1 aliphatic heterocycles. The second-order valence-corrected chi connectivity index (χ2v) is 5.57. The van der Waals surface area contributed by atoms with Crippen molar-refractivity contribution in [3.8, 4) is 0 Å². The average Bonchev–Trinajstić information content (AvgIpc) is 2.58. The second-order valence-electron chi connectivity index (χ2n) is 5.57. The number of pyridine rings is 1. The SMILES string of the molecule is O=C(Cn1ccccc1=O)NC1CCCN(c2ncccn2)C1. The monoisotopic (exact) mass is 313 g/mol. The Balaban J connectivity index is 1.58. The van der Waals surface area contributed by atoms with Crippen molar-refractivity contribution in [3.63, 3.8) is 0 Å². The van der Waals surface area contributed by atoms with Gasteiger partial charge in [0.1, 0.15) is 6.54 Å². The normalized spacial score (nSPS) is 17.7. The molecule has 2 aromatic heterocycles. The smallest absolute Gasteiger partial charge is 0.250 e. The first-order chi connectivity index (χ1) is 11.2. The van der Waals surface area contributed by atoms with Gasteiger partial charge in [-0.2, -0.15) is 0 Å². The third-order valence-corrected chi connectivity index (χ3v) is 3.83. The molecule has 1 saturated heterocycles. The lowest BCUT2D eigenvalue weighted by molar-refractivity contribution is -0.122. The van der Waals surface area contributed by atoms with E-state index < -0.39 is 0 Å². The quantitative estimate of drug-likeness (QED) is 0.885. The molecule has 120 valence electrons. The Hall–Kier alpha value is -2.70. The van der Waals surface area contributed by atoms with Gasteiger partial charge in [0.2, 0.25) is 11.9 Å². The zero-order valence-electron chi connectivity index (χ0n) is 12.8. The van der Waals surface area contributed by atoms with Gasteiger partial charge in [0.25, 0.3) is 5.56 Å². The minimum Gasteiger partial charge on any atom is -0.350 e. The molecule has 1 amide bonds. The Morgan fingerprint density at radius 2 is 2.09 bits per heavy atom. The molecule has 3 heterocycles. The van der Waals surface area contributed by atoms with Crippen LogP contribution in [0.25, 0.3) is 0 Å². The van der Waals surface area contributed by atoms with Crippen molar-refractivity contribution in [2.45, 2.75) is 25.4 Å². The van der Waals surface area contributed by atoms with Crippen LogP contribution >= 0.6 is 0 Å². The summed E-state index contributed by atoms with van der Waals surface area (Å²) in [6, 6.07) is 6.67. The third kappa shape index (κ3) is 3.94. The third-order valence-electron chi connectivity index (χ3n) is 3.83. The van der Waals surface area contributed by atoms with Crippen molar-refractivity contribution >= 4 is 11.9 Å². The number of carbonyl (C=O) groups excluding carboxylic acids is 1. The summed E-state index contributed by atoms with van der Waals surface area (Å²) in [7, 11) is 0. The van der Waals surface area contributed by atoms with Crippen molar-refractivity contribution in [1.29, 1.82) is 0 Å². The number of aromatic nitrogens is 3. The van der Waals surface area contributed by atoms with E-state index in [0.29, 0.717) is 12.5 Å². The number of hydrogen-bond donors (Lipinski definition) is 1. The molecule has 0 spiro atoms. The standard InChI is InChI=1S/C16H19N5O2/c22-14(12-20-9-2-1-6-15(20)23)19-13-5-3-10-21(11-13)16-17-7-4-8-18-16/h1-2,4,6-9,13H,3,5,10-12H2,(H,19,22). The van der Waals surface area contributed by atoms with E-state index in [2.05, 4.69) is 20.2 Å². The van der Waals surface area contributed by atoms with Gasteiger partial charge in [0.15, 0.2) is 0 Å². The van der Waals surface area contributed by atoms with Gasteiger partial charge < -0.3 is 14.8 Å². The molecule has 0 bridgehead atoms. The number of anilines is 1. The number of carbonyl (C=O) groups is 1. The van der Waals surface area contributed by atoms with Crippen LogP contribution in [0.1, 0.15) is 12.8 Å². The van der Waals surface area contributed by atoms with Crippen LogP contribution in [0.5, 0.6) is 0 Å². The molecule has 1 fully saturated rings. The number of hydrogen-bond acceptors (Lipinski definition) is 5. The number of nitrogens with zero attached hydrogens (tertiary/aromatic N) is 4. The van der Waals surface area contributed by atoms with Gasteiger partial charge in [-0.1, -0.05) is 6.07 Å². The van der Waals surface area contributed by atoms with Gasteiger partial charge in [0.05, 0.1) is 0 Å². The first-order valence-corrected chi connectivity index (χ1v) is 7.69. The Morgan fingerprint density at radius 1 is 1.26 bits per heavy atom. The summed E-state index contributed by atoms with van der Waals surface area (Å²) in [5.41, 5.74) is -0.175. The topological polar surface area (TPSA) is 80.1 Å². The maximum atomic E-state index is 12.2. The molecule has 1 atom stereocenters. The fourth-order valence-corrected chi connectivity index (χ4v) is 2.75. The number of rotatable bonds is 4. The molecular weight excluding hydrogens is 294 g/mol. The molecule has 1 unspecified atom stereocenters. The highest BCUT2D eigenvalue weighted by Crippen LogP contribution is 2.15. The van der Waals surface area contributed by atoms with Gasteiger partial charge >= 0.3 is 0 Å². The first-order valence-electron chi connectivity index (χ1n) is 7.69. The van der Waals surface area contributed by atoms with E-state index >= 15 is 0 Å². The van der Waals surface area contributed by atoms with Gasteiger partial charge in [-0.15, -0.1) is 0 Å². The van der Waals surface area contributed by atoms with Gasteiger partial charge in [-0.05, 0) is 25.0 Å². The lowest BCUT2D eigenvalue weighted by atomic mass is 10.1. The van der Waals surface area contributed by atoms with Crippen LogP contribution in [-0.4, -0.2) is 39.6 Å². The first kappa shape index (κ1) is 15.2. The fourth-order valence-electron chi connectivity index (χ4n) is 2.75. The Bertz CT molecular complexity index is 716. The summed E-state index contributed by atoms with van der Waals surface area (Å²) in [5.74, 6) is 0.532. The average molecular weight is 313 g/mol. The van der Waals surface area contributed by atoms with Crippen molar-refractivity contribution in [3.05, 3.63) is 53.2 Å². The molecule has 1 N–H and O–H groups in total. The maximum absolute atomic E-state index is 12.2. The van der Waals surface area contributed by atoms with E-state index in [9.17, 15) is 9.59 Å². The summed E-state index contributed by atoms with van der Waals surface area (Å²) in [6.45, 7) is 1.60. The molecular formula is C16H19N5O2. The molecule has 0 saturated carbocycles. The predicted octanol–water partition coefficient (Wildman–Crippen LogP) is 0.423.